The van der Waals surface area contributed by atoms with Gasteiger partial charge >= 0.3 is 0 Å². The van der Waals surface area contributed by atoms with E-state index in [2.05, 4.69) is 20.4 Å². The van der Waals surface area contributed by atoms with Crippen molar-refractivity contribution in [3.05, 3.63) is 12.7 Å². The third kappa shape index (κ3) is 2.02. The molecule has 2 aliphatic carbocycles. The number of hydrogen-bond donors (Lipinski definition) is 0. The third-order valence-corrected chi connectivity index (χ3v) is 4.22. The fraction of sp³-hybridized carbons (Fsp3) is 0.786. The predicted octanol–water partition coefficient (Wildman–Crippen LogP) is 3.45. The van der Waals surface area contributed by atoms with Crippen molar-refractivity contribution in [2.75, 3.05) is 0 Å². The lowest BCUT2D eigenvalue weighted by atomic mass is 9.78. The first-order chi connectivity index (χ1) is 7.15. The first-order valence-electron chi connectivity index (χ1n) is 6.31. The highest BCUT2D eigenvalue weighted by Crippen LogP contribution is 2.46. The summed E-state index contributed by atoms with van der Waals surface area (Å²) in [6, 6.07) is 0. The minimum Gasteiger partial charge on any atom is -0.299 e. The van der Waals surface area contributed by atoms with E-state index in [-0.39, 0.29) is 0 Å². The third-order valence-electron chi connectivity index (χ3n) is 4.22. The molecule has 0 spiro atoms. The van der Waals surface area contributed by atoms with Gasteiger partial charge in [-0.15, -0.1) is 6.58 Å². The van der Waals surface area contributed by atoms with Gasteiger partial charge < -0.3 is 0 Å². The Labute approximate surface area is 92.9 Å². The zero-order valence-electron chi connectivity index (χ0n) is 9.91. The van der Waals surface area contributed by atoms with E-state index in [0.29, 0.717) is 35.4 Å². The van der Waals surface area contributed by atoms with Gasteiger partial charge in [0.2, 0.25) is 0 Å². The van der Waals surface area contributed by atoms with Crippen LogP contribution in [-0.2, 0) is 4.79 Å². The molecular formula is C14H22O. The van der Waals surface area contributed by atoms with Gasteiger partial charge in [-0.05, 0) is 43.4 Å². The summed E-state index contributed by atoms with van der Waals surface area (Å²) in [4.78, 5) is 12.2. The second kappa shape index (κ2) is 4.11. The van der Waals surface area contributed by atoms with E-state index in [1.165, 1.54) is 12.8 Å². The van der Waals surface area contributed by atoms with Crippen molar-refractivity contribution in [2.45, 2.75) is 39.5 Å². The van der Waals surface area contributed by atoms with E-state index in [1.54, 1.807) is 0 Å². The lowest BCUT2D eigenvalue weighted by Crippen LogP contribution is -2.28. The SMILES string of the molecule is C=C[C@H]1CC[C@H](C(C)C)[C@H]1C(=O)C1CC1. The molecule has 0 saturated heterocycles. The van der Waals surface area contributed by atoms with Gasteiger partial charge in [-0.3, -0.25) is 4.79 Å². The molecule has 2 fully saturated rings. The van der Waals surface area contributed by atoms with Crippen LogP contribution >= 0.6 is 0 Å². The van der Waals surface area contributed by atoms with E-state index in [4.69, 9.17) is 0 Å². The molecule has 1 heteroatoms. The standard InChI is InChI=1S/C14H22O/c1-4-10-7-8-12(9(2)3)13(10)14(15)11-5-6-11/h4,9-13H,1,5-8H2,2-3H3/t10-,12+,13-/m0/s1. The van der Waals surface area contributed by atoms with Crippen LogP contribution in [0.25, 0.3) is 0 Å². The molecule has 15 heavy (non-hydrogen) atoms. The largest absolute Gasteiger partial charge is 0.299 e. The molecule has 0 radical (unpaired) electrons. The van der Waals surface area contributed by atoms with Gasteiger partial charge in [-0.2, -0.15) is 0 Å². The molecule has 0 bridgehead atoms. The monoisotopic (exact) mass is 206 g/mol. The molecule has 2 rings (SSSR count). The van der Waals surface area contributed by atoms with Crippen LogP contribution in [0.15, 0.2) is 12.7 Å². The molecule has 0 heterocycles. The van der Waals surface area contributed by atoms with Gasteiger partial charge in [0.25, 0.3) is 0 Å². The smallest absolute Gasteiger partial charge is 0.139 e. The quantitative estimate of drug-likeness (QED) is 0.644. The summed E-state index contributed by atoms with van der Waals surface area (Å²) in [5.74, 6) is 2.98. The van der Waals surface area contributed by atoms with Crippen LogP contribution in [-0.4, -0.2) is 5.78 Å². The van der Waals surface area contributed by atoms with Crippen LogP contribution in [0.3, 0.4) is 0 Å². The molecule has 0 aromatic rings. The normalized spacial score (nSPS) is 35.8. The van der Waals surface area contributed by atoms with Crippen LogP contribution < -0.4 is 0 Å². The van der Waals surface area contributed by atoms with Gasteiger partial charge in [-0.25, -0.2) is 0 Å². The van der Waals surface area contributed by atoms with Gasteiger partial charge in [0.1, 0.15) is 5.78 Å². The lowest BCUT2D eigenvalue weighted by molar-refractivity contribution is -0.126. The van der Waals surface area contributed by atoms with Gasteiger partial charge in [0.05, 0.1) is 0 Å². The molecule has 0 aliphatic heterocycles. The Morgan fingerprint density at radius 2 is 1.93 bits per heavy atom. The Bertz CT molecular complexity index is 263. The molecule has 2 aliphatic rings. The average Bonchev–Trinajstić information content (AvgIpc) is 2.95. The minimum absolute atomic E-state index is 0.301. The van der Waals surface area contributed by atoms with Crippen molar-refractivity contribution in [1.82, 2.24) is 0 Å². The zero-order chi connectivity index (χ0) is 11.0. The second-order valence-electron chi connectivity index (χ2n) is 5.59. The van der Waals surface area contributed by atoms with Gasteiger partial charge in [0.15, 0.2) is 0 Å². The summed E-state index contributed by atoms with van der Waals surface area (Å²) in [7, 11) is 0. The first-order valence-corrected chi connectivity index (χ1v) is 6.31. The molecule has 0 aromatic heterocycles. The Balaban J connectivity index is 2.13. The summed E-state index contributed by atoms with van der Waals surface area (Å²) >= 11 is 0. The molecule has 84 valence electrons. The van der Waals surface area contributed by atoms with Crippen molar-refractivity contribution in [1.29, 1.82) is 0 Å². The average molecular weight is 206 g/mol. The number of allylic oxidation sites excluding steroid dienone is 1. The predicted molar refractivity (Wildman–Crippen MR) is 62.5 cm³/mol. The molecule has 3 atom stereocenters. The molecule has 0 aromatic carbocycles. The van der Waals surface area contributed by atoms with E-state index in [0.717, 1.165) is 12.8 Å². The molecular weight excluding hydrogens is 184 g/mol. The molecule has 0 N–H and O–H groups in total. The summed E-state index contributed by atoms with van der Waals surface area (Å²) in [6.45, 7) is 8.40. The number of carbonyl (C=O) groups excluding carboxylic acids is 1. The van der Waals surface area contributed by atoms with E-state index in [1.807, 2.05) is 6.08 Å². The van der Waals surface area contributed by atoms with E-state index >= 15 is 0 Å². The number of ketones is 1. The Kier molecular flexibility index (Phi) is 2.99. The van der Waals surface area contributed by atoms with Crippen LogP contribution in [0.5, 0.6) is 0 Å². The van der Waals surface area contributed by atoms with E-state index < -0.39 is 0 Å². The first kappa shape index (κ1) is 10.9. The number of rotatable bonds is 4. The van der Waals surface area contributed by atoms with E-state index in [9.17, 15) is 4.79 Å². The van der Waals surface area contributed by atoms with Crippen LogP contribution in [0.1, 0.15) is 39.5 Å². The second-order valence-corrected chi connectivity index (χ2v) is 5.59. The van der Waals surface area contributed by atoms with Crippen molar-refractivity contribution >= 4 is 5.78 Å². The van der Waals surface area contributed by atoms with Crippen molar-refractivity contribution < 1.29 is 4.79 Å². The van der Waals surface area contributed by atoms with Gasteiger partial charge in [-0.1, -0.05) is 19.9 Å². The van der Waals surface area contributed by atoms with Crippen LogP contribution in [0, 0.1) is 29.6 Å². The molecule has 2 saturated carbocycles. The summed E-state index contributed by atoms with van der Waals surface area (Å²) in [5.41, 5.74) is 0. The number of Topliss-reactive ketones (excluding diaryl/α,β-unsaturated/α-hetero) is 1. The van der Waals surface area contributed by atoms with Crippen LogP contribution in [0.2, 0.25) is 0 Å². The van der Waals surface area contributed by atoms with Crippen molar-refractivity contribution in [3.8, 4) is 0 Å². The maximum Gasteiger partial charge on any atom is 0.139 e. The van der Waals surface area contributed by atoms with Crippen molar-refractivity contribution in [2.24, 2.45) is 29.6 Å². The number of hydrogen-bond acceptors (Lipinski definition) is 1. The maximum atomic E-state index is 12.2. The lowest BCUT2D eigenvalue weighted by Gasteiger charge is -2.24. The Morgan fingerprint density at radius 1 is 1.27 bits per heavy atom. The highest BCUT2D eigenvalue weighted by atomic mass is 16.1. The summed E-state index contributed by atoms with van der Waals surface area (Å²) in [5, 5.41) is 0. The number of carbonyl (C=O) groups is 1. The summed E-state index contributed by atoms with van der Waals surface area (Å²) in [6.07, 6.45) is 6.70. The van der Waals surface area contributed by atoms with Gasteiger partial charge in [0, 0.05) is 11.8 Å². The topological polar surface area (TPSA) is 17.1 Å². The van der Waals surface area contributed by atoms with Crippen molar-refractivity contribution in [3.63, 3.8) is 0 Å². The Morgan fingerprint density at radius 3 is 2.40 bits per heavy atom. The maximum absolute atomic E-state index is 12.2. The highest BCUT2D eigenvalue weighted by molar-refractivity contribution is 5.86. The molecule has 0 amide bonds. The fourth-order valence-electron chi connectivity index (χ4n) is 3.14. The molecule has 1 nitrogen and oxygen atoms in total. The zero-order valence-corrected chi connectivity index (χ0v) is 9.91. The molecule has 0 unspecified atom stereocenters. The fourth-order valence-corrected chi connectivity index (χ4v) is 3.14. The van der Waals surface area contributed by atoms with Crippen LogP contribution in [0.4, 0.5) is 0 Å². The minimum atomic E-state index is 0.301. The Hall–Kier alpha value is -0.590. The highest BCUT2D eigenvalue weighted by Gasteiger charge is 2.45. The summed E-state index contributed by atoms with van der Waals surface area (Å²) < 4.78 is 0.